The Labute approximate surface area is 215 Å². The number of nitrogens with zero attached hydrogens (tertiary/aromatic N) is 4. The summed E-state index contributed by atoms with van der Waals surface area (Å²) in [6.07, 6.45) is 3.89. The van der Waals surface area contributed by atoms with Crippen LogP contribution in [0.25, 0.3) is 11.2 Å². The van der Waals surface area contributed by atoms with E-state index in [-0.39, 0.29) is 36.6 Å². The van der Waals surface area contributed by atoms with E-state index in [0.29, 0.717) is 35.9 Å². The zero-order chi connectivity index (χ0) is 25.2. The largest absolute Gasteiger partial charge is 0.396 e. The summed E-state index contributed by atoms with van der Waals surface area (Å²) in [6, 6.07) is 8.70. The van der Waals surface area contributed by atoms with E-state index in [1.165, 1.54) is 5.56 Å². The number of anilines is 1. The van der Waals surface area contributed by atoms with Gasteiger partial charge in [-0.2, -0.15) is 9.97 Å². The third-order valence-corrected chi connectivity index (χ3v) is 7.48. The summed E-state index contributed by atoms with van der Waals surface area (Å²) < 4.78 is 14.0. The molecular formula is C26H34ClN5O4. The van der Waals surface area contributed by atoms with Gasteiger partial charge in [-0.25, -0.2) is 4.98 Å². The molecular weight excluding hydrogens is 482 g/mol. The molecule has 2 aliphatic rings. The number of benzene rings is 1. The van der Waals surface area contributed by atoms with Crippen LogP contribution in [0.3, 0.4) is 0 Å². The number of nitrogens with one attached hydrogen (secondary N) is 1. The van der Waals surface area contributed by atoms with Crippen molar-refractivity contribution in [2.75, 3.05) is 18.5 Å². The van der Waals surface area contributed by atoms with Crippen LogP contribution >= 0.6 is 11.6 Å². The average molecular weight is 516 g/mol. The van der Waals surface area contributed by atoms with Crippen molar-refractivity contribution in [1.29, 1.82) is 0 Å². The fourth-order valence-electron chi connectivity index (χ4n) is 5.05. The number of fused-ring (bicyclic) bond motifs is 1. The molecule has 5 atom stereocenters. The van der Waals surface area contributed by atoms with E-state index in [2.05, 4.69) is 58.4 Å². The van der Waals surface area contributed by atoms with Crippen molar-refractivity contribution in [3.8, 4) is 0 Å². The van der Waals surface area contributed by atoms with Gasteiger partial charge in [-0.15, -0.1) is 0 Å². The number of aromatic nitrogens is 4. The summed E-state index contributed by atoms with van der Waals surface area (Å²) in [5.41, 5.74) is 3.62. The Morgan fingerprint density at radius 1 is 1.22 bits per heavy atom. The van der Waals surface area contributed by atoms with E-state index in [1.807, 2.05) is 0 Å². The molecule has 10 heteroatoms. The van der Waals surface area contributed by atoms with Crippen molar-refractivity contribution in [3.05, 3.63) is 47.0 Å². The summed E-state index contributed by atoms with van der Waals surface area (Å²) in [5.74, 6) is 0.782. The second-order valence-corrected chi connectivity index (χ2v) is 10.5. The molecule has 5 unspecified atom stereocenters. The Balaban J connectivity index is 1.29. The normalized spacial score (nSPS) is 26.7. The first-order valence-corrected chi connectivity index (χ1v) is 13.1. The van der Waals surface area contributed by atoms with Gasteiger partial charge < -0.3 is 25.0 Å². The highest BCUT2D eigenvalue weighted by Crippen LogP contribution is 2.32. The van der Waals surface area contributed by atoms with Gasteiger partial charge in [-0.3, -0.25) is 4.57 Å². The molecule has 0 amide bonds. The summed E-state index contributed by atoms with van der Waals surface area (Å²) >= 11 is 6.31. The number of hydrogen-bond donors (Lipinski definition) is 3. The lowest BCUT2D eigenvalue weighted by atomic mass is 9.98. The van der Waals surface area contributed by atoms with Gasteiger partial charge in [0, 0.05) is 12.3 Å². The second-order valence-electron chi connectivity index (χ2n) is 10.1. The van der Waals surface area contributed by atoms with Crippen molar-refractivity contribution < 1.29 is 19.7 Å². The first kappa shape index (κ1) is 25.4. The zero-order valence-corrected chi connectivity index (χ0v) is 21.4. The number of ether oxygens (including phenoxy) is 2. The molecule has 194 valence electrons. The molecule has 3 N–H and O–H groups in total. The van der Waals surface area contributed by atoms with Gasteiger partial charge in [0.1, 0.15) is 6.23 Å². The first-order chi connectivity index (χ1) is 17.4. The van der Waals surface area contributed by atoms with Gasteiger partial charge in [-0.05, 0) is 47.9 Å². The van der Waals surface area contributed by atoms with Crippen molar-refractivity contribution in [2.45, 2.75) is 76.5 Å². The van der Waals surface area contributed by atoms with Crippen LogP contribution in [0, 0.1) is 5.92 Å². The quantitative estimate of drug-likeness (QED) is 0.385. The first-order valence-electron chi connectivity index (χ1n) is 12.7. The third-order valence-electron chi connectivity index (χ3n) is 7.31. The molecule has 9 nitrogen and oxygen atoms in total. The van der Waals surface area contributed by atoms with Crippen molar-refractivity contribution in [2.24, 2.45) is 5.92 Å². The maximum absolute atomic E-state index is 10.4. The Morgan fingerprint density at radius 3 is 2.75 bits per heavy atom. The Morgan fingerprint density at radius 2 is 2.03 bits per heavy atom. The van der Waals surface area contributed by atoms with E-state index >= 15 is 0 Å². The van der Waals surface area contributed by atoms with Crippen molar-refractivity contribution in [3.63, 3.8) is 0 Å². The summed E-state index contributed by atoms with van der Waals surface area (Å²) in [4.78, 5) is 13.4. The lowest BCUT2D eigenvalue weighted by Gasteiger charge is -2.32. The summed E-state index contributed by atoms with van der Waals surface area (Å²) in [5, 5.41) is 23.4. The third kappa shape index (κ3) is 5.35. The average Bonchev–Trinajstić information content (AvgIpc) is 3.49. The molecule has 3 aromatic rings. The Kier molecular flexibility index (Phi) is 7.73. The maximum atomic E-state index is 10.4. The molecule has 0 spiro atoms. The number of halogens is 1. The minimum Gasteiger partial charge on any atom is -0.396 e. The van der Waals surface area contributed by atoms with Gasteiger partial charge in [-0.1, -0.05) is 38.1 Å². The Bertz CT molecular complexity index is 1170. The minimum absolute atomic E-state index is 0.0490. The highest BCUT2D eigenvalue weighted by atomic mass is 35.5. The zero-order valence-electron chi connectivity index (χ0n) is 20.7. The van der Waals surface area contributed by atoms with Crippen LogP contribution in [0.2, 0.25) is 5.28 Å². The monoisotopic (exact) mass is 515 g/mol. The molecule has 2 aromatic heterocycles. The molecule has 36 heavy (non-hydrogen) atoms. The van der Waals surface area contributed by atoms with Crippen LogP contribution in [0.4, 0.5) is 5.82 Å². The van der Waals surface area contributed by atoms with Crippen molar-refractivity contribution >= 4 is 28.6 Å². The summed E-state index contributed by atoms with van der Waals surface area (Å²) in [7, 11) is 0. The van der Waals surface area contributed by atoms with E-state index < -0.39 is 12.3 Å². The van der Waals surface area contributed by atoms with Gasteiger partial charge in [0.25, 0.3) is 0 Å². The highest BCUT2D eigenvalue weighted by molar-refractivity contribution is 6.28. The molecule has 1 saturated heterocycles. The van der Waals surface area contributed by atoms with Crippen LogP contribution in [-0.2, 0) is 16.1 Å². The van der Waals surface area contributed by atoms with Gasteiger partial charge in [0.05, 0.1) is 44.4 Å². The number of aliphatic hydroxyl groups excluding tert-OH is 2. The molecule has 3 heterocycles. The van der Waals surface area contributed by atoms with Gasteiger partial charge in [0.15, 0.2) is 17.0 Å². The fourth-order valence-corrected chi connectivity index (χ4v) is 5.22. The predicted molar refractivity (Wildman–Crippen MR) is 137 cm³/mol. The second kappa shape index (κ2) is 11.0. The molecule has 1 saturated carbocycles. The molecule has 0 radical (unpaired) electrons. The highest BCUT2D eigenvalue weighted by Gasteiger charge is 2.33. The molecule has 5 rings (SSSR count). The van der Waals surface area contributed by atoms with Crippen molar-refractivity contribution in [1.82, 2.24) is 19.5 Å². The summed E-state index contributed by atoms with van der Waals surface area (Å²) in [6.45, 7) is 5.09. The number of aliphatic hydroxyl groups is 2. The standard InChI is InChI=1S/C26H34ClN5O4/c1-15(2)17-8-6-16(7-9-17)12-35-21-5-3-4-19(21)29-24-23-25(31-26(27)30-24)32(14-28-23)22-10-20(34)18(11-33)13-36-22/h6-9,14-15,18-22,33-34H,3-5,10-13H2,1-2H3,(H,29,30,31). The molecule has 1 aromatic carbocycles. The number of imidazole rings is 1. The molecule has 2 fully saturated rings. The van der Waals surface area contributed by atoms with Crippen LogP contribution in [-0.4, -0.2) is 61.2 Å². The lowest BCUT2D eigenvalue weighted by Crippen LogP contribution is -2.37. The minimum atomic E-state index is -0.668. The van der Waals surface area contributed by atoms with E-state index in [1.54, 1.807) is 10.9 Å². The van der Waals surface area contributed by atoms with E-state index in [4.69, 9.17) is 21.1 Å². The predicted octanol–water partition coefficient (Wildman–Crippen LogP) is 4.04. The fraction of sp³-hybridized carbons (Fsp3) is 0.577. The van der Waals surface area contributed by atoms with Crippen LogP contribution in [0.1, 0.15) is 62.8 Å². The number of hydrogen-bond acceptors (Lipinski definition) is 8. The van der Waals surface area contributed by atoms with Gasteiger partial charge in [0.2, 0.25) is 5.28 Å². The lowest BCUT2D eigenvalue weighted by molar-refractivity contribution is -0.123. The molecule has 0 bridgehead atoms. The smallest absolute Gasteiger partial charge is 0.226 e. The van der Waals surface area contributed by atoms with Crippen LogP contribution in [0.15, 0.2) is 30.6 Å². The SMILES string of the molecule is CC(C)c1ccc(COC2CCCC2Nc2nc(Cl)nc3c2ncn3C2CC(O)C(CO)CO2)cc1. The van der Waals surface area contributed by atoms with E-state index in [0.717, 1.165) is 24.8 Å². The van der Waals surface area contributed by atoms with E-state index in [9.17, 15) is 10.2 Å². The Hall–Kier alpha value is -2.30. The topological polar surface area (TPSA) is 115 Å². The number of rotatable bonds is 8. The van der Waals surface area contributed by atoms with Gasteiger partial charge >= 0.3 is 0 Å². The maximum Gasteiger partial charge on any atom is 0.226 e. The molecule has 1 aliphatic carbocycles. The van der Waals surface area contributed by atoms with Crippen LogP contribution < -0.4 is 5.32 Å². The van der Waals surface area contributed by atoms with Crippen LogP contribution in [0.5, 0.6) is 0 Å². The molecule has 1 aliphatic heterocycles.